The van der Waals surface area contributed by atoms with Gasteiger partial charge < -0.3 is 14.3 Å². The fourth-order valence-electron chi connectivity index (χ4n) is 2.41. The van der Waals surface area contributed by atoms with Gasteiger partial charge in [-0.05, 0) is 24.3 Å². The molecule has 4 rings (SSSR count). The summed E-state index contributed by atoms with van der Waals surface area (Å²) < 4.78 is 10.4. The van der Waals surface area contributed by atoms with Gasteiger partial charge in [0, 0.05) is 17.7 Å². The molecule has 0 bridgehead atoms. The third-order valence-corrected chi connectivity index (χ3v) is 3.64. The zero-order valence-corrected chi connectivity index (χ0v) is 13.3. The summed E-state index contributed by atoms with van der Waals surface area (Å²) in [6.07, 6.45) is 1.50. The van der Waals surface area contributed by atoms with E-state index in [1.165, 1.54) is 18.4 Å². The van der Waals surface area contributed by atoms with Crippen molar-refractivity contribution >= 4 is 11.6 Å². The second-order valence-corrected chi connectivity index (χ2v) is 5.36. The molecule has 0 saturated carbocycles. The van der Waals surface area contributed by atoms with E-state index in [2.05, 4.69) is 20.7 Å². The Labute approximate surface area is 146 Å². The topological polar surface area (TPSA) is 114 Å². The van der Waals surface area contributed by atoms with Crippen LogP contribution in [-0.4, -0.2) is 21.3 Å². The lowest BCUT2D eigenvalue weighted by molar-refractivity contribution is 0.101. The second kappa shape index (κ2) is 6.52. The molecule has 0 aliphatic carbocycles. The normalized spacial score (nSPS) is 10.6. The smallest absolute Gasteiger partial charge is 0.277 e. The van der Waals surface area contributed by atoms with Crippen molar-refractivity contribution in [1.29, 1.82) is 0 Å². The van der Waals surface area contributed by atoms with Crippen LogP contribution in [0.4, 0.5) is 5.69 Å². The molecule has 1 amide bonds. The van der Waals surface area contributed by atoms with Gasteiger partial charge in [0.05, 0.1) is 17.6 Å². The molecule has 4 aromatic rings. The van der Waals surface area contributed by atoms with Crippen molar-refractivity contribution in [3.8, 4) is 22.8 Å². The summed E-state index contributed by atoms with van der Waals surface area (Å²) in [5.74, 6) is 0.397. The second-order valence-electron chi connectivity index (χ2n) is 5.36. The lowest BCUT2D eigenvalue weighted by Gasteiger charge is -2.09. The van der Waals surface area contributed by atoms with Crippen molar-refractivity contribution in [2.75, 3.05) is 5.32 Å². The van der Waals surface area contributed by atoms with Gasteiger partial charge in [-0.15, -0.1) is 0 Å². The van der Waals surface area contributed by atoms with E-state index >= 15 is 0 Å². The molecule has 0 aliphatic rings. The number of amides is 1. The van der Waals surface area contributed by atoms with E-state index in [4.69, 9.17) is 8.94 Å². The standard InChI is InChI=1S/C18H12N4O4/c23-17-8-7-13(20-21-17)11-4-1-2-5-12(11)19-18(24)14-10-16(26-22-14)15-6-3-9-25-15/h1-10H,(H,19,24)(H,21,23). The van der Waals surface area contributed by atoms with Crippen molar-refractivity contribution in [3.63, 3.8) is 0 Å². The van der Waals surface area contributed by atoms with Crippen molar-refractivity contribution in [3.05, 3.63) is 76.9 Å². The number of rotatable bonds is 4. The number of furan rings is 1. The number of aromatic nitrogens is 3. The van der Waals surface area contributed by atoms with Gasteiger partial charge in [0.1, 0.15) is 0 Å². The van der Waals surface area contributed by atoms with Gasteiger partial charge in [-0.3, -0.25) is 9.59 Å². The van der Waals surface area contributed by atoms with E-state index in [-0.39, 0.29) is 11.3 Å². The molecule has 0 spiro atoms. The van der Waals surface area contributed by atoms with E-state index in [0.29, 0.717) is 28.5 Å². The highest BCUT2D eigenvalue weighted by molar-refractivity contribution is 6.05. The Balaban J connectivity index is 1.61. The van der Waals surface area contributed by atoms with Crippen LogP contribution in [0.5, 0.6) is 0 Å². The molecule has 128 valence electrons. The Morgan fingerprint density at radius 2 is 1.92 bits per heavy atom. The quantitative estimate of drug-likeness (QED) is 0.586. The van der Waals surface area contributed by atoms with Gasteiger partial charge in [-0.1, -0.05) is 23.4 Å². The average molecular weight is 348 g/mol. The number of aromatic amines is 1. The molecule has 3 heterocycles. The fourth-order valence-corrected chi connectivity index (χ4v) is 2.41. The van der Waals surface area contributed by atoms with Crippen LogP contribution < -0.4 is 10.9 Å². The van der Waals surface area contributed by atoms with Crippen LogP contribution in [0.2, 0.25) is 0 Å². The Morgan fingerprint density at radius 3 is 2.69 bits per heavy atom. The Hall–Kier alpha value is -3.94. The van der Waals surface area contributed by atoms with Gasteiger partial charge in [0.2, 0.25) is 5.76 Å². The first kappa shape index (κ1) is 15.6. The highest BCUT2D eigenvalue weighted by Gasteiger charge is 2.17. The summed E-state index contributed by atoms with van der Waals surface area (Å²) in [7, 11) is 0. The largest absolute Gasteiger partial charge is 0.461 e. The molecule has 0 aliphatic heterocycles. The third-order valence-electron chi connectivity index (χ3n) is 3.64. The molecule has 26 heavy (non-hydrogen) atoms. The first-order chi connectivity index (χ1) is 12.7. The predicted molar refractivity (Wildman–Crippen MR) is 92.5 cm³/mol. The average Bonchev–Trinajstić information content (AvgIpc) is 3.34. The summed E-state index contributed by atoms with van der Waals surface area (Å²) >= 11 is 0. The number of carbonyl (C=O) groups is 1. The van der Waals surface area contributed by atoms with Crippen LogP contribution in [0.15, 0.2) is 74.6 Å². The van der Waals surface area contributed by atoms with Crippen LogP contribution in [0.25, 0.3) is 22.8 Å². The molecular formula is C18H12N4O4. The third kappa shape index (κ3) is 3.03. The van der Waals surface area contributed by atoms with Gasteiger partial charge >= 0.3 is 0 Å². The maximum atomic E-state index is 12.5. The number of para-hydroxylation sites is 1. The summed E-state index contributed by atoms with van der Waals surface area (Å²) in [6.45, 7) is 0. The summed E-state index contributed by atoms with van der Waals surface area (Å²) in [6, 6.07) is 15.0. The van der Waals surface area contributed by atoms with Crippen molar-refractivity contribution in [2.24, 2.45) is 0 Å². The first-order valence-corrected chi connectivity index (χ1v) is 7.68. The van der Waals surface area contributed by atoms with Crippen molar-refractivity contribution in [2.45, 2.75) is 0 Å². The van der Waals surface area contributed by atoms with E-state index < -0.39 is 5.91 Å². The first-order valence-electron chi connectivity index (χ1n) is 7.68. The fraction of sp³-hybridized carbons (Fsp3) is 0. The number of carbonyl (C=O) groups excluding carboxylic acids is 1. The maximum Gasteiger partial charge on any atom is 0.277 e. The molecule has 3 aromatic heterocycles. The summed E-state index contributed by atoms with van der Waals surface area (Å²) in [5.41, 5.74) is 1.52. The SMILES string of the molecule is O=C(Nc1ccccc1-c1ccc(=O)[nH]n1)c1cc(-c2ccco2)on1. The maximum absolute atomic E-state index is 12.5. The van der Waals surface area contributed by atoms with Crippen molar-refractivity contribution < 1.29 is 13.7 Å². The highest BCUT2D eigenvalue weighted by Crippen LogP contribution is 2.26. The molecular weight excluding hydrogens is 336 g/mol. The van der Waals surface area contributed by atoms with Gasteiger partial charge in [0.15, 0.2) is 11.5 Å². The van der Waals surface area contributed by atoms with Crippen LogP contribution in [0.3, 0.4) is 0 Å². The number of H-pyrrole nitrogens is 1. The number of benzene rings is 1. The van der Waals surface area contributed by atoms with Gasteiger partial charge in [-0.2, -0.15) is 5.10 Å². The minimum atomic E-state index is -0.441. The van der Waals surface area contributed by atoms with Gasteiger partial charge in [0.25, 0.3) is 11.5 Å². The summed E-state index contributed by atoms with van der Waals surface area (Å²) in [5, 5.41) is 12.9. The van der Waals surface area contributed by atoms with E-state index in [0.717, 1.165) is 0 Å². The Morgan fingerprint density at radius 1 is 1.04 bits per heavy atom. The Kier molecular flexibility index (Phi) is 3.91. The van der Waals surface area contributed by atoms with E-state index in [9.17, 15) is 9.59 Å². The molecule has 0 saturated heterocycles. The van der Waals surface area contributed by atoms with Crippen LogP contribution in [0, 0.1) is 0 Å². The summed E-state index contributed by atoms with van der Waals surface area (Å²) in [4.78, 5) is 23.7. The van der Waals surface area contributed by atoms with E-state index in [1.807, 2.05) is 6.07 Å². The van der Waals surface area contributed by atoms with Crippen LogP contribution in [0.1, 0.15) is 10.5 Å². The highest BCUT2D eigenvalue weighted by atomic mass is 16.5. The number of hydrogen-bond donors (Lipinski definition) is 2. The minimum Gasteiger partial charge on any atom is -0.461 e. The number of nitrogens with one attached hydrogen (secondary N) is 2. The van der Waals surface area contributed by atoms with Crippen molar-refractivity contribution in [1.82, 2.24) is 15.4 Å². The van der Waals surface area contributed by atoms with Crippen LogP contribution in [-0.2, 0) is 0 Å². The van der Waals surface area contributed by atoms with Crippen LogP contribution >= 0.6 is 0 Å². The van der Waals surface area contributed by atoms with Gasteiger partial charge in [-0.25, -0.2) is 5.10 Å². The molecule has 0 radical (unpaired) electrons. The van der Waals surface area contributed by atoms with E-state index in [1.54, 1.807) is 36.4 Å². The lowest BCUT2D eigenvalue weighted by Crippen LogP contribution is -2.13. The monoisotopic (exact) mass is 348 g/mol. The Bertz CT molecular complexity index is 1090. The zero-order valence-electron chi connectivity index (χ0n) is 13.3. The molecule has 8 heteroatoms. The number of nitrogens with zero attached hydrogens (tertiary/aromatic N) is 2. The lowest BCUT2D eigenvalue weighted by atomic mass is 10.1. The predicted octanol–water partition coefficient (Wildman–Crippen LogP) is 2.94. The minimum absolute atomic E-state index is 0.112. The molecule has 0 atom stereocenters. The number of hydrogen-bond acceptors (Lipinski definition) is 6. The molecule has 0 unspecified atom stereocenters. The molecule has 1 aromatic carbocycles. The zero-order chi connectivity index (χ0) is 17.9. The number of anilines is 1. The molecule has 2 N–H and O–H groups in total. The molecule has 0 fully saturated rings. The molecule has 8 nitrogen and oxygen atoms in total.